The molecule has 1 saturated carbocycles. The molecular formula is C13H16Br3NO2S. The third-order valence-corrected chi connectivity index (χ3v) is 7.89. The van der Waals surface area contributed by atoms with E-state index in [9.17, 15) is 8.42 Å². The van der Waals surface area contributed by atoms with Crippen LogP contribution in [0.5, 0.6) is 0 Å². The van der Waals surface area contributed by atoms with Crippen molar-refractivity contribution in [1.82, 2.24) is 4.72 Å². The number of hydrogen-bond donors (Lipinski definition) is 1. The van der Waals surface area contributed by atoms with Gasteiger partial charge in [-0.1, -0.05) is 44.7 Å². The topological polar surface area (TPSA) is 46.2 Å². The Morgan fingerprint density at radius 1 is 1.15 bits per heavy atom. The number of hydrogen-bond acceptors (Lipinski definition) is 2. The molecular weight excluding hydrogens is 474 g/mol. The average Bonchev–Trinajstić information content (AvgIpc) is 2.36. The number of rotatable bonds is 3. The molecule has 2 atom stereocenters. The molecule has 1 fully saturated rings. The fourth-order valence-electron chi connectivity index (χ4n) is 2.32. The molecule has 2 unspecified atom stereocenters. The maximum absolute atomic E-state index is 12.5. The number of halogens is 3. The minimum absolute atomic E-state index is 0.0410. The van der Waals surface area contributed by atoms with Gasteiger partial charge < -0.3 is 0 Å². The first-order valence-electron chi connectivity index (χ1n) is 6.43. The average molecular weight is 490 g/mol. The monoisotopic (exact) mass is 487 g/mol. The summed E-state index contributed by atoms with van der Waals surface area (Å²) >= 11 is 10.3. The minimum atomic E-state index is -3.52. The maximum atomic E-state index is 12.5. The Morgan fingerprint density at radius 2 is 1.80 bits per heavy atom. The summed E-state index contributed by atoms with van der Waals surface area (Å²) in [6.45, 7) is 1.92. The molecule has 1 aromatic carbocycles. The molecule has 1 aliphatic carbocycles. The molecule has 7 heteroatoms. The summed E-state index contributed by atoms with van der Waals surface area (Å²) in [6.07, 6.45) is 4.09. The number of alkyl halides is 1. The number of aryl methyl sites for hydroxylation is 1. The second-order valence-corrected chi connectivity index (χ2v) is 9.63. The third-order valence-electron chi connectivity index (χ3n) is 3.49. The molecule has 1 aromatic rings. The largest absolute Gasteiger partial charge is 0.242 e. The van der Waals surface area contributed by atoms with Crippen molar-refractivity contribution in [3.05, 3.63) is 26.6 Å². The normalized spacial score (nSPS) is 23.8. The van der Waals surface area contributed by atoms with Gasteiger partial charge in [0, 0.05) is 19.8 Å². The van der Waals surface area contributed by atoms with E-state index < -0.39 is 10.0 Å². The first-order chi connectivity index (χ1) is 9.31. The van der Waals surface area contributed by atoms with Crippen LogP contribution in [0.1, 0.15) is 31.2 Å². The van der Waals surface area contributed by atoms with Gasteiger partial charge in [0.1, 0.15) is 0 Å². The van der Waals surface area contributed by atoms with Crippen LogP contribution >= 0.6 is 47.8 Å². The summed E-state index contributed by atoms with van der Waals surface area (Å²) in [5.41, 5.74) is 0.992. The summed E-state index contributed by atoms with van der Waals surface area (Å²) in [7, 11) is -3.52. The molecule has 1 aliphatic rings. The van der Waals surface area contributed by atoms with E-state index in [1.165, 1.54) is 0 Å². The number of sulfonamides is 1. The third kappa shape index (κ3) is 3.85. The van der Waals surface area contributed by atoms with Crippen molar-refractivity contribution in [2.45, 2.75) is 48.4 Å². The van der Waals surface area contributed by atoms with Gasteiger partial charge in [0.25, 0.3) is 0 Å². The summed E-state index contributed by atoms with van der Waals surface area (Å²) in [5, 5.41) is 0. The highest BCUT2D eigenvalue weighted by atomic mass is 79.9. The van der Waals surface area contributed by atoms with Crippen molar-refractivity contribution in [3.8, 4) is 0 Å². The van der Waals surface area contributed by atoms with Gasteiger partial charge in [-0.15, -0.1) is 0 Å². The molecule has 3 nitrogen and oxygen atoms in total. The summed E-state index contributed by atoms with van der Waals surface area (Å²) in [5.74, 6) is 0. The van der Waals surface area contributed by atoms with Gasteiger partial charge in [-0.05, 0) is 53.4 Å². The zero-order valence-electron chi connectivity index (χ0n) is 11.0. The molecule has 0 heterocycles. The molecule has 2 rings (SSSR count). The predicted molar refractivity (Wildman–Crippen MR) is 91.9 cm³/mol. The number of benzene rings is 1. The van der Waals surface area contributed by atoms with Gasteiger partial charge in [-0.3, -0.25) is 0 Å². The van der Waals surface area contributed by atoms with Gasteiger partial charge in [0.15, 0.2) is 0 Å². The van der Waals surface area contributed by atoms with Gasteiger partial charge in [0.2, 0.25) is 10.0 Å². The van der Waals surface area contributed by atoms with Gasteiger partial charge >= 0.3 is 0 Å². The van der Waals surface area contributed by atoms with Crippen LogP contribution in [-0.2, 0) is 10.0 Å². The first-order valence-corrected chi connectivity index (χ1v) is 10.4. The smallest absolute Gasteiger partial charge is 0.207 e. The highest BCUT2D eigenvalue weighted by molar-refractivity contribution is 9.11. The van der Waals surface area contributed by atoms with Crippen LogP contribution in [0.25, 0.3) is 0 Å². The lowest BCUT2D eigenvalue weighted by Crippen LogP contribution is -2.42. The van der Waals surface area contributed by atoms with Crippen LogP contribution in [0.15, 0.2) is 26.0 Å². The van der Waals surface area contributed by atoms with E-state index in [0.29, 0.717) is 4.47 Å². The van der Waals surface area contributed by atoms with E-state index in [2.05, 4.69) is 52.5 Å². The maximum Gasteiger partial charge on any atom is 0.242 e. The van der Waals surface area contributed by atoms with Crippen molar-refractivity contribution in [1.29, 1.82) is 0 Å². The van der Waals surface area contributed by atoms with E-state index in [1.54, 1.807) is 6.07 Å². The molecule has 112 valence electrons. The van der Waals surface area contributed by atoms with Gasteiger partial charge in [0.05, 0.1) is 4.90 Å². The Bertz CT molecular complexity index is 604. The van der Waals surface area contributed by atoms with Crippen LogP contribution in [0.4, 0.5) is 0 Å². The second-order valence-electron chi connectivity index (χ2n) is 5.06. The van der Waals surface area contributed by atoms with Gasteiger partial charge in [-0.25, -0.2) is 13.1 Å². The Hall–Kier alpha value is 0.570. The Labute approximate surface area is 145 Å². The predicted octanol–water partition coefficient (Wildman–Crippen LogP) is 4.50. The van der Waals surface area contributed by atoms with E-state index in [0.717, 1.165) is 35.7 Å². The lowest BCUT2D eigenvalue weighted by molar-refractivity contribution is 0.427. The second kappa shape index (κ2) is 6.77. The van der Waals surface area contributed by atoms with Crippen molar-refractivity contribution >= 4 is 57.8 Å². The zero-order valence-corrected chi connectivity index (χ0v) is 16.6. The summed E-state index contributed by atoms with van der Waals surface area (Å²) in [4.78, 5) is 0.485. The van der Waals surface area contributed by atoms with Crippen molar-refractivity contribution in [3.63, 3.8) is 0 Å². The first kappa shape index (κ1) is 16.9. The molecule has 0 radical (unpaired) electrons. The lowest BCUT2D eigenvalue weighted by Gasteiger charge is -2.28. The van der Waals surface area contributed by atoms with E-state index >= 15 is 0 Å². The fourth-order valence-corrected chi connectivity index (χ4v) is 6.20. The van der Waals surface area contributed by atoms with Crippen LogP contribution in [0.3, 0.4) is 0 Å². The molecule has 20 heavy (non-hydrogen) atoms. The highest BCUT2D eigenvalue weighted by Gasteiger charge is 2.29. The Morgan fingerprint density at radius 3 is 2.45 bits per heavy atom. The molecule has 0 saturated heterocycles. The highest BCUT2D eigenvalue weighted by Crippen LogP contribution is 2.31. The molecule has 0 aliphatic heterocycles. The van der Waals surface area contributed by atoms with Crippen molar-refractivity contribution < 1.29 is 8.42 Å². The SMILES string of the molecule is Cc1cc(Br)c(S(=O)(=O)NC2CCCCC2Br)cc1Br. The Kier molecular flexibility index (Phi) is 5.73. The fraction of sp³-hybridized carbons (Fsp3) is 0.538. The van der Waals surface area contributed by atoms with Crippen LogP contribution in [-0.4, -0.2) is 19.3 Å². The standard InChI is InChI=1S/C13H16Br3NO2S/c1-8-6-11(16)13(7-10(8)15)20(18,19)17-12-5-3-2-4-9(12)14/h6-7,9,12,17H,2-5H2,1H3. The molecule has 0 spiro atoms. The summed E-state index contributed by atoms with van der Waals surface area (Å²) in [6, 6.07) is 3.42. The molecule has 0 bridgehead atoms. The van der Waals surface area contributed by atoms with E-state index in [1.807, 2.05) is 13.0 Å². The zero-order chi connectivity index (χ0) is 14.9. The Balaban J connectivity index is 2.28. The molecule has 0 aromatic heterocycles. The van der Waals surface area contributed by atoms with Crippen molar-refractivity contribution in [2.24, 2.45) is 0 Å². The van der Waals surface area contributed by atoms with Crippen LogP contribution in [0, 0.1) is 6.92 Å². The van der Waals surface area contributed by atoms with Crippen LogP contribution in [0.2, 0.25) is 0 Å². The lowest BCUT2D eigenvalue weighted by atomic mass is 9.96. The van der Waals surface area contributed by atoms with Gasteiger partial charge in [-0.2, -0.15) is 0 Å². The number of nitrogens with one attached hydrogen (secondary N) is 1. The summed E-state index contributed by atoms with van der Waals surface area (Å²) < 4.78 is 29.3. The van der Waals surface area contributed by atoms with E-state index in [-0.39, 0.29) is 15.8 Å². The minimum Gasteiger partial charge on any atom is -0.207 e. The quantitative estimate of drug-likeness (QED) is 0.635. The van der Waals surface area contributed by atoms with Crippen molar-refractivity contribution in [2.75, 3.05) is 0 Å². The molecule has 1 N–H and O–H groups in total. The van der Waals surface area contributed by atoms with Crippen LogP contribution < -0.4 is 4.72 Å². The van der Waals surface area contributed by atoms with E-state index in [4.69, 9.17) is 0 Å². The molecule has 0 amide bonds.